The lowest BCUT2D eigenvalue weighted by atomic mass is 9.94. The maximum Gasteiger partial charge on any atom is 0.132 e. The maximum atomic E-state index is 4.88. The molecule has 3 heterocycles. The average molecular weight is 394 g/mol. The molecule has 6 rings (SSSR count). The van der Waals surface area contributed by atoms with Crippen LogP contribution in [0.15, 0.2) is 63.4 Å². The van der Waals surface area contributed by atoms with Crippen LogP contribution in [0.25, 0.3) is 0 Å². The minimum Gasteiger partial charge on any atom is -0.349 e. The van der Waals surface area contributed by atoms with E-state index in [9.17, 15) is 0 Å². The van der Waals surface area contributed by atoms with Crippen molar-refractivity contribution in [1.82, 2.24) is 10.3 Å². The van der Waals surface area contributed by atoms with Crippen LogP contribution in [0.4, 0.5) is 0 Å². The Morgan fingerprint density at radius 2 is 1.93 bits per heavy atom. The molecule has 138 valence electrons. The molecule has 0 bridgehead atoms. The molecule has 1 N–H and O–H groups in total. The van der Waals surface area contributed by atoms with Gasteiger partial charge in [-0.15, -0.1) is 11.3 Å². The molecule has 4 aliphatic rings. The van der Waals surface area contributed by atoms with E-state index in [0.29, 0.717) is 11.8 Å². The molecule has 0 amide bonds. The second-order valence-corrected chi connectivity index (χ2v) is 10.4. The third-order valence-electron chi connectivity index (χ3n) is 6.36. The molecule has 1 saturated carbocycles. The van der Waals surface area contributed by atoms with Gasteiger partial charge in [0.1, 0.15) is 10.7 Å². The number of hydrogen-bond acceptors (Lipinski definition) is 5. The van der Waals surface area contributed by atoms with Crippen molar-refractivity contribution in [2.75, 3.05) is 0 Å². The number of allylic oxidation sites excluding steroid dienone is 1. The predicted molar refractivity (Wildman–Crippen MR) is 113 cm³/mol. The van der Waals surface area contributed by atoms with Crippen LogP contribution in [0, 0.1) is 11.8 Å². The summed E-state index contributed by atoms with van der Waals surface area (Å²) in [4.78, 5) is 5.76. The summed E-state index contributed by atoms with van der Waals surface area (Å²) in [5, 5.41) is 7.06. The summed E-state index contributed by atoms with van der Waals surface area (Å²) in [6.45, 7) is 1.87. The Morgan fingerprint density at radius 3 is 2.78 bits per heavy atom. The van der Waals surface area contributed by atoms with E-state index in [2.05, 4.69) is 69.9 Å². The van der Waals surface area contributed by atoms with Gasteiger partial charge in [0, 0.05) is 17.3 Å². The monoisotopic (exact) mass is 393 g/mol. The minimum atomic E-state index is 0.161. The van der Waals surface area contributed by atoms with Gasteiger partial charge < -0.3 is 4.90 Å². The van der Waals surface area contributed by atoms with Gasteiger partial charge in [-0.25, -0.2) is 0 Å². The van der Waals surface area contributed by atoms with E-state index in [4.69, 9.17) is 5.10 Å². The number of rotatable bonds is 4. The fraction of sp³-hybridized carbons (Fsp3) is 0.409. The van der Waals surface area contributed by atoms with Gasteiger partial charge in [-0.1, -0.05) is 53.7 Å². The highest BCUT2D eigenvalue weighted by Gasteiger charge is 2.76. The first-order valence-electron chi connectivity index (χ1n) is 9.92. The third-order valence-corrected chi connectivity index (χ3v) is 8.88. The standard InChI is InChI=1S/C22H23N3S2/c1-2-7-15(8-3-1)13-25(14-16-9-6-12-26-16)21-20-19-17-10-4-5-11-18(17)27-22(19,20)24-23-21/h1-3,6-9,12,19-20,24H,4-5,10-11,13-14H2. The zero-order chi connectivity index (χ0) is 17.8. The van der Waals surface area contributed by atoms with E-state index in [1.54, 1.807) is 10.5 Å². The van der Waals surface area contributed by atoms with Crippen LogP contribution in [0.3, 0.4) is 0 Å². The molecule has 2 aliphatic carbocycles. The minimum absolute atomic E-state index is 0.161. The highest BCUT2D eigenvalue weighted by molar-refractivity contribution is 8.05. The van der Waals surface area contributed by atoms with Crippen molar-refractivity contribution in [2.24, 2.45) is 16.9 Å². The first-order chi connectivity index (χ1) is 13.4. The molecule has 2 aliphatic heterocycles. The Balaban J connectivity index is 1.29. The number of nitrogens with one attached hydrogen (secondary N) is 1. The SMILES string of the molecule is c1ccc(CN(Cc2cccs2)C2=NNC34SC5=C(CCCC5)C3C24)cc1. The van der Waals surface area contributed by atoms with E-state index in [-0.39, 0.29) is 4.87 Å². The van der Waals surface area contributed by atoms with Crippen molar-refractivity contribution in [3.63, 3.8) is 0 Å². The maximum absolute atomic E-state index is 4.88. The fourth-order valence-corrected chi connectivity index (χ4v) is 7.63. The Morgan fingerprint density at radius 1 is 1.04 bits per heavy atom. The normalized spacial score (nSPS) is 30.3. The lowest BCUT2D eigenvalue weighted by Crippen LogP contribution is -2.32. The van der Waals surface area contributed by atoms with Crippen LogP contribution in [0.1, 0.15) is 36.1 Å². The average Bonchev–Trinajstić information content (AvgIpc) is 3.15. The van der Waals surface area contributed by atoms with E-state index < -0.39 is 0 Å². The second-order valence-electron chi connectivity index (χ2n) is 8.01. The van der Waals surface area contributed by atoms with Crippen molar-refractivity contribution >= 4 is 28.9 Å². The van der Waals surface area contributed by atoms with Crippen LogP contribution in [0.2, 0.25) is 0 Å². The molecule has 3 atom stereocenters. The summed E-state index contributed by atoms with van der Waals surface area (Å²) in [6, 6.07) is 15.2. The number of thiophene rings is 1. The molecule has 2 aromatic rings. The molecule has 27 heavy (non-hydrogen) atoms. The first-order valence-corrected chi connectivity index (χ1v) is 11.6. The molecule has 1 aromatic heterocycles. The third kappa shape index (κ3) is 2.51. The fourth-order valence-electron chi connectivity index (χ4n) is 5.10. The summed E-state index contributed by atoms with van der Waals surface area (Å²) in [6.07, 6.45) is 5.34. The number of amidine groups is 1. The molecule has 0 radical (unpaired) electrons. The first kappa shape index (κ1) is 16.3. The topological polar surface area (TPSA) is 27.6 Å². The van der Waals surface area contributed by atoms with Gasteiger partial charge in [0.25, 0.3) is 0 Å². The highest BCUT2D eigenvalue weighted by Crippen LogP contribution is 2.73. The summed E-state index contributed by atoms with van der Waals surface area (Å²) in [7, 11) is 0. The lowest BCUT2D eigenvalue weighted by molar-refractivity contribution is 0.396. The van der Waals surface area contributed by atoms with Crippen LogP contribution in [-0.4, -0.2) is 15.6 Å². The van der Waals surface area contributed by atoms with E-state index in [1.807, 2.05) is 11.3 Å². The van der Waals surface area contributed by atoms with Gasteiger partial charge in [0.2, 0.25) is 0 Å². The van der Waals surface area contributed by atoms with E-state index in [1.165, 1.54) is 42.0 Å². The van der Waals surface area contributed by atoms with Gasteiger partial charge >= 0.3 is 0 Å². The van der Waals surface area contributed by atoms with E-state index >= 15 is 0 Å². The summed E-state index contributed by atoms with van der Waals surface area (Å²) in [5.74, 6) is 2.52. The Hall–Kier alpha value is -1.72. The van der Waals surface area contributed by atoms with Gasteiger partial charge in [-0.3, -0.25) is 5.43 Å². The number of hydrogen-bond donors (Lipinski definition) is 1. The van der Waals surface area contributed by atoms with Crippen LogP contribution < -0.4 is 5.43 Å². The lowest BCUT2D eigenvalue weighted by Gasteiger charge is -2.26. The van der Waals surface area contributed by atoms with Crippen molar-refractivity contribution < 1.29 is 0 Å². The number of hydrazone groups is 1. The zero-order valence-electron chi connectivity index (χ0n) is 15.2. The van der Waals surface area contributed by atoms with Gasteiger partial charge in [0.05, 0.1) is 12.5 Å². The summed E-state index contributed by atoms with van der Waals surface area (Å²) in [5.41, 5.74) is 6.70. The van der Waals surface area contributed by atoms with Gasteiger partial charge in [-0.2, -0.15) is 5.10 Å². The smallest absolute Gasteiger partial charge is 0.132 e. The zero-order valence-corrected chi connectivity index (χ0v) is 16.9. The van der Waals surface area contributed by atoms with Crippen molar-refractivity contribution in [2.45, 2.75) is 43.6 Å². The van der Waals surface area contributed by atoms with Gasteiger partial charge in [0.15, 0.2) is 0 Å². The number of thioether (sulfide) groups is 1. The predicted octanol–water partition coefficient (Wildman–Crippen LogP) is 5.18. The molecule has 3 nitrogen and oxygen atoms in total. The molecule has 1 spiro atoms. The molecule has 1 fully saturated rings. The number of benzene rings is 1. The van der Waals surface area contributed by atoms with Crippen molar-refractivity contribution in [3.05, 3.63) is 68.8 Å². The molecule has 3 unspecified atom stereocenters. The second kappa shape index (κ2) is 6.14. The molecule has 5 heteroatoms. The largest absolute Gasteiger partial charge is 0.349 e. The quantitative estimate of drug-likeness (QED) is 0.775. The Labute approximate surface area is 168 Å². The van der Waals surface area contributed by atoms with Crippen LogP contribution >= 0.6 is 23.1 Å². The van der Waals surface area contributed by atoms with Gasteiger partial charge in [-0.05, 0) is 47.6 Å². The van der Waals surface area contributed by atoms with Crippen molar-refractivity contribution in [3.8, 4) is 0 Å². The highest BCUT2D eigenvalue weighted by atomic mass is 32.2. The molecular weight excluding hydrogens is 370 g/mol. The summed E-state index contributed by atoms with van der Waals surface area (Å²) < 4.78 is 0. The molecule has 1 aromatic carbocycles. The summed E-state index contributed by atoms with van der Waals surface area (Å²) >= 11 is 3.95. The molecule has 0 saturated heterocycles. The molecular formula is C22H23N3S2. The number of nitrogens with zero attached hydrogens (tertiary/aromatic N) is 2. The number of fused-ring (bicyclic) bond motifs is 2. The van der Waals surface area contributed by atoms with Crippen molar-refractivity contribution in [1.29, 1.82) is 0 Å². The van der Waals surface area contributed by atoms with Crippen LogP contribution in [0.5, 0.6) is 0 Å². The Kier molecular flexibility index (Phi) is 3.70. The van der Waals surface area contributed by atoms with Crippen LogP contribution in [-0.2, 0) is 13.1 Å². The Bertz CT molecular complexity index is 918. The van der Waals surface area contributed by atoms with E-state index in [0.717, 1.165) is 13.1 Å².